The van der Waals surface area contributed by atoms with Crippen molar-refractivity contribution in [3.8, 4) is 22.5 Å². The summed E-state index contributed by atoms with van der Waals surface area (Å²) >= 11 is 18.8. The number of hydrogen-bond acceptors (Lipinski definition) is 4. The SMILES string of the molecule is O=C(NN1CCOCC1)c1cccn2c(-c3ccc(Cl)cc3Cl)c(-c3ccc(Cl)cc3)nc12. The van der Waals surface area contributed by atoms with Gasteiger partial charge in [-0.05, 0) is 42.5 Å². The third kappa shape index (κ3) is 4.45. The number of morpholine rings is 1. The molecule has 33 heavy (non-hydrogen) atoms. The quantitative estimate of drug-likeness (QED) is 0.395. The van der Waals surface area contributed by atoms with Crippen molar-refractivity contribution in [2.24, 2.45) is 0 Å². The summed E-state index contributed by atoms with van der Waals surface area (Å²) in [6, 6.07) is 16.3. The molecule has 0 bridgehead atoms. The predicted molar refractivity (Wildman–Crippen MR) is 131 cm³/mol. The summed E-state index contributed by atoms with van der Waals surface area (Å²) in [5.74, 6) is -0.232. The van der Waals surface area contributed by atoms with Gasteiger partial charge in [-0.3, -0.25) is 14.6 Å². The first-order valence-corrected chi connectivity index (χ1v) is 11.5. The van der Waals surface area contributed by atoms with E-state index >= 15 is 0 Å². The summed E-state index contributed by atoms with van der Waals surface area (Å²) in [6.07, 6.45) is 1.87. The van der Waals surface area contributed by atoms with Crippen LogP contribution in [0.2, 0.25) is 15.1 Å². The van der Waals surface area contributed by atoms with Crippen LogP contribution in [0.25, 0.3) is 28.2 Å². The van der Waals surface area contributed by atoms with E-state index in [1.807, 2.05) is 39.9 Å². The van der Waals surface area contributed by atoms with Crippen LogP contribution in [0.5, 0.6) is 0 Å². The van der Waals surface area contributed by atoms with Crippen LogP contribution in [0, 0.1) is 0 Å². The van der Waals surface area contributed by atoms with E-state index < -0.39 is 0 Å². The number of hydrazine groups is 1. The second kappa shape index (κ2) is 9.33. The number of aromatic nitrogens is 2. The summed E-state index contributed by atoms with van der Waals surface area (Å²) in [7, 11) is 0. The van der Waals surface area contributed by atoms with Crippen LogP contribution >= 0.6 is 34.8 Å². The van der Waals surface area contributed by atoms with Crippen molar-refractivity contribution in [3.05, 3.63) is 81.4 Å². The van der Waals surface area contributed by atoms with Gasteiger partial charge >= 0.3 is 0 Å². The normalized spacial score (nSPS) is 14.5. The number of fused-ring (bicyclic) bond motifs is 1. The Kier molecular flexibility index (Phi) is 6.27. The molecule has 0 saturated carbocycles. The number of pyridine rings is 1. The Hall–Kier alpha value is -2.61. The maximum Gasteiger partial charge on any atom is 0.269 e. The number of rotatable bonds is 4. The Morgan fingerprint density at radius 3 is 2.42 bits per heavy atom. The van der Waals surface area contributed by atoms with Crippen molar-refractivity contribution < 1.29 is 9.53 Å². The molecule has 168 valence electrons. The Morgan fingerprint density at radius 2 is 1.70 bits per heavy atom. The minimum atomic E-state index is -0.232. The van der Waals surface area contributed by atoms with Gasteiger partial charge in [0, 0.05) is 40.5 Å². The third-order valence-electron chi connectivity index (χ3n) is 5.47. The zero-order valence-corrected chi connectivity index (χ0v) is 19.7. The second-order valence-corrected chi connectivity index (χ2v) is 8.88. The zero-order chi connectivity index (χ0) is 22.9. The molecule has 1 aliphatic rings. The van der Waals surface area contributed by atoms with Crippen LogP contribution in [0.4, 0.5) is 0 Å². The largest absolute Gasteiger partial charge is 0.379 e. The van der Waals surface area contributed by atoms with Crippen molar-refractivity contribution in [1.82, 2.24) is 19.8 Å². The third-order valence-corrected chi connectivity index (χ3v) is 6.27. The van der Waals surface area contributed by atoms with E-state index in [1.165, 1.54) is 0 Å². The average molecular weight is 502 g/mol. The number of ether oxygens (including phenoxy) is 1. The van der Waals surface area contributed by atoms with Crippen molar-refractivity contribution >= 4 is 46.4 Å². The molecule has 0 radical (unpaired) electrons. The van der Waals surface area contributed by atoms with Crippen LogP contribution < -0.4 is 5.43 Å². The molecule has 1 fully saturated rings. The van der Waals surface area contributed by atoms with Crippen LogP contribution in [0.3, 0.4) is 0 Å². The van der Waals surface area contributed by atoms with Gasteiger partial charge < -0.3 is 4.74 Å². The minimum Gasteiger partial charge on any atom is -0.379 e. The molecular formula is C24H19Cl3N4O2. The number of nitrogens with one attached hydrogen (secondary N) is 1. The number of carbonyl (C=O) groups is 1. The van der Waals surface area contributed by atoms with Gasteiger partial charge in [0.05, 0.1) is 35.2 Å². The van der Waals surface area contributed by atoms with Gasteiger partial charge in [-0.2, -0.15) is 0 Å². The molecule has 1 saturated heterocycles. The van der Waals surface area contributed by atoms with Crippen molar-refractivity contribution in [2.45, 2.75) is 0 Å². The number of hydrogen-bond donors (Lipinski definition) is 1. The highest BCUT2D eigenvalue weighted by molar-refractivity contribution is 6.36. The van der Waals surface area contributed by atoms with Crippen molar-refractivity contribution in [3.63, 3.8) is 0 Å². The minimum absolute atomic E-state index is 0.232. The van der Waals surface area contributed by atoms with E-state index in [0.717, 1.165) is 16.8 Å². The van der Waals surface area contributed by atoms with Crippen LogP contribution in [-0.4, -0.2) is 46.6 Å². The van der Waals surface area contributed by atoms with E-state index in [2.05, 4.69) is 5.43 Å². The molecule has 2 aromatic carbocycles. The Bertz CT molecular complexity index is 1330. The molecule has 5 rings (SSSR count). The lowest BCUT2D eigenvalue weighted by Crippen LogP contribution is -2.48. The van der Waals surface area contributed by atoms with Gasteiger partial charge in [0.25, 0.3) is 5.91 Å². The lowest BCUT2D eigenvalue weighted by molar-refractivity contribution is 0.0126. The fourth-order valence-electron chi connectivity index (χ4n) is 3.87. The highest BCUT2D eigenvalue weighted by Crippen LogP contribution is 2.38. The topological polar surface area (TPSA) is 58.9 Å². The van der Waals surface area contributed by atoms with Crippen LogP contribution in [0.1, 0.15) is 10.4 Å². The molecule has 0 unspecified atom stereocenters. The van der Waals surface area contributed by atoms with Gasteiger partial charge in [-0.15, -0.1) is 0 Å². The number of benzene rings is 2. The monoisotopic (exact) mass is 500 g/mol. The van der Waals surface area contributed by atoms with E-state index in [-0.39, 0.29) is 5.91 Å². The van der Waals surface area contributed by atoms with E-state index in [9.17, 15) is 4.79 Å². The van der Waals surface area contributed by atoms with E-state index in [4.69, 9.17) is 44.5 Å². The molecule has 0 spiro atoms. The Morgan fingerprint density at radius 1 is 0.970 bits per heavy atom. The first kappa shape index (κ1) is 22.2. The maximum atomic E-state index is 13.2. The summed E-state index contributed by atoms with van der Waals surface area (Å²) in [5, 5.41) is 3.51. The molecule has 6 nitrogen and oxygen atoms in total. The van der Waals surface area contributed by atoms with Gasteiger partial charge in [-0.1, -0.05) is 46.9 Å². The number of nitrogens with zero attached hydrogens (tertiary/aromatic N) is 3. The number of amides is 1. The molecular weight excluding hydrogens is 483 g/mol. The standard InChI is InChI=1S/C24H19Cl3N4O2/c25-16-5-3-15(4-6-16)21-22(18-8-7-17(26)14-20(18)27)31-9-1-2-19(23(31)28-21)24(32)29-30-10-12-33-13-11-30/h1-9,14H,10-13H2,(H,29,32). The lowest BCUT2D eigenvalue weighted by Gasteiger charge is -2.26. The molecule has 1 aliphatic heterocycles. The lowest BCUT2D eigenvalue weighted by atomic mass is 10.0. The predicted octanol–water partition coefficient (Wildman–Crippen LogP) is 5.61. The van der Waals surface area contributed by atoms with Gasteiger partial charge in [0.15, 0.2) is 5.65 Å². The highest BCUT2D eigenvalue weighted by Gasteiger charge is 2.23. The molecule has 3 heterocycles. The number of halogens is 3. The fourth-order valence-corrected chi connectivity index (χ4v) is 4.50. The van der Waals surface area contributed by atoms with Gasteiger partial charge in [-0.25, -0.2) is 9.99 Å². The van der Waals surface area contributed by atoms with Crippen molar-refractivity contribution in [2.75, 3.05) is 26.3 Å². The summed E-state index contributed by atoms with van der Waals surface area (Å²) < 4.78 is 7.24. The smallest absolute Gasteiger partial charge is 0.269 e. The van der Waals surface area contributed by atoms with Crippen molar-refractivity contribution in [1.29, 1.82) is 0 Å². The molecule has 2 aromatic heterocycles. The average Bonchev–Trinajstić information content (AvgIpc) is 3.19. The molecule has 0 aliphatic carbocycles. The van der Waals surface area contributed by atoms with Gasteiger partial charge in [0.1, 0.15) is 0 Å². The zero-order valence-electron chi connectivity index (χ0n) is 17.4. The van der Waals surface area contributed by atoms with Gasteiger partial charge in [0.2, 0.25) is 0 Å². The maximum absolute atomic E-state index is 13.2. The summed E-state index contributed by atoms with van der Waals surface area (Å²) in [6.45, 7) is 2.41. The second-order valence-electron chi connectivity index (χ2n) is 7.60. The summed E-state index contributed by atoms with van der Waals surface area (Å²) in [4.78, 5) is 18.1. The first-order valence-electron chi connectivity index (χ1n) is 10.4. The molecule has 9 heteroatoms. The summed E-state index contributed by atoms with van der Waals surface area (Å²) in [5.41, 5.74) is 6.99. The first-order chi connectivity index (χ1) is 16.0. The number of carbonyl (C=O) groups excluding carboxylic acids is 1. The number of imidazole rings is 1. The van der Waals surface area contributed by atoms with E-state index in [0.29, 0.717) is 58.3 Å². The molecule has 1 N–H and O–H groups in total. The van der Waals surface area contributed by atoms with Crippen LogP contribution in [-0.2, 0) is 4.74 Å². The Labute approximate surface area is 205 Å². The highest BCUT2D eigenvalue weighted by atomic mass is 35.5. The molecule has 4 aromatic rings. The molecule has 1 amide bonds. The fraction of sp³-hybridized carbons (Fsp3) is 0.167. The van der Waals surface area contributed by atoms with E-state index in [1.54, 1.807) is 30.3 Å². The molecule has 0 atom stereocenters. The Balaban J connectivity index is 1.68. The van der Waals surface area contributed by atoms with Crippen LogP contribution in [0.15, 0.2) is 60.8 Å².